The van der Waals surface area contributed by atoms with Crippen LogP contribution in [0.4, 0.5) is 0 Å². The lowest BCUT2D eigenvalue weighted by atomic mass is 10.0. The molecule has 0 radical (unpaired) electrons. The quantitative estimate of drug-likeness (QED) is 0.792. The molecule has 0 unspecified atom stereocenters. The molecule has 1 aliphatic heterocycles. The molecule has 94 valence electrons. The predicted molar refractivity (Wildman–Crippen MR) is 64.8 cm³/mol. The molecule has 0 bridgehead atoms. The number of likely N-dealkylation sites (tertiary alicyclic amines) is 1. The average Bonchev–Trinajstić information content (AvgIpc) is 2.85. The molecule has 1 aromatic rings. The van der Waals surface area contributed by atoms with E-state index < -0.39 is 0 Å². The molecule has 1 saturated heterocycles. The van der Waals surface area contributed by atoms with E-state index in [0.29, 0.717) is 23.3 Å². The van der Waals surface area contributed by atoms with Crippen LogP contribution in [-0.2, 0) is 0 Å². The third-order valence-electron chi connectivity index (χ3n) is 3.60. The number of hydrogen-bond acceptors (Lipinski definition) is 3. The first kappa shape index (κ1) is 12.1. The first-order chi connectivity index (χ1) is 8.00. The van der Waals surface area contributed by atoms with Gasteiger partial charge in [-0.2, -0.15) is 0 Å². The Hall–Kier alpha value is -1.32. The van der Waals surface area contributed by atoms with E-state index in [4.69, 9.17) is 4.42 Å². The van der Waals surface area contributed by atoms with Crippen LogP contribution in [0.2, 0.25) is 0 Å². The normalized spacial score (nSPS) is 24.6. The Morgan fingerprint density at radius 2 is 2.00 bits per heavy atom. The third kappa shape index (κ3) is 2.21. The number of carbonyl (C=O) groups is 1. The van der Waals surface area contributed by atoms with Crippen molar-refractivity contribution in [1.82, 2.24) is 9.88 Å². The van der Waals surface area contributed by atoms with Gasteiger partial charge < -0.3 is 9.32 Å². The first-order valence-electron chi connectivity index (χ1n) is 6.23. The summed E-state index contributed by atoms with van der Waals surface area (Å²) in [6.45, 7) is 10.0. The Labute approximate surface area is 102 Å². The number of carbonyl (C=O) groups excluding carboxylic acids is 1. The molecule has 1 aliphatic rings. The smallest absolute Gasteiger partial charge is 0.276 e. The number of amides is 1. The van der Waals surface area contributed by atoms with Crippen LogP contribution in [0.25, 0.3) is 0 Å². The van der Waals surface area contributed by atoms with Crippen LogP contribution in [0.15, 0.2) is 10.8 Å². The Balaban J connectivity index is 2.18. The van der Waals surface area contributed by atoms with Crippen molar-refractivity contribution in [3.05, 3.63) is 17.8 Å². The van der Waals surface area contributed by atoms with E-state index >= 15 is 0 Å². The minimum atomic E-state index is 0.0126. The highest BCUT2D eigenvalue weighted by Gasteiger charge is 2.32. The van der Waals surface area contributed by atoms with Crippen molar-refractivity contribution in [2.45, 2.75) is 33.6 Å². The van der Waals surface area contributed by atoms with Gasteiger partial charge in [-0.15, -0.1) is 0 Å². The van der Waals surface area contributed by atoms with Gasteiger partial charge >= 0.3 is 0 Å². The summed E-state index contributed by atoms with van der Waals surface area (Å²) < 4.78 is 5.30. The predicted octanol–water partition coefficient (Wildman–Crippen LogP) is 2.53. The SMILES string of the molecule is CC(C)c1ocnc1C(=O)N1C[C@@H](C)[C@H](C)C1. The highest BCUT2D eigenvalue weighted by Crippen LogP contribution is 2.26. The van der Waals surface area contributed by atoms with Gasteiger partial charge in [0.25, 0.3) is 5.91 Å². The number of oxazole rings is 1. The molecule has 1 fully saturated rings. The van der Waals surface area contributed by atoms with Gasteiger partial charge in [0, 0.05) is 19.0 Å². The molecule has 2 heterocycles. The second kappa shape index (κ2) is 4.51. The lowest BCUT2D eigenvalue weighted by Crippen LogP contribution is -2.30. The summed E-state index contributed by atoms with van der Waals surface area (Å²) in [5.41, 5.74) is 0.487. The van der Waals surface area contributed by atoms with Crippen LogP contribution in [-0.4, -0.2) is 28.9 Å². The summed E-state index contributed by atoms with van der Waals surface area (Å²) >= 11 is 0. The van der Waals surface area contributed by atoms with E-state index in [2.05, 4.69) is 18.8 Å². The van der Waals surface area contributed by atoms with Crippen molar-refractivity contribution in [3.8, 4) is 0 Å². The fourth-order valence-electron chi connectivity index (χ4n) is 2.27. The second-order valence-corrected chi connectivity index (χ2v) is 5.38. The Kier molecular flexibility index (Phi) is 3.22. The Morgan fingerprint density at radius 1 is 1.41 bits per heavy atom. The zero-order valence-corrected chi connectivity index (χ0v) is 10.9. The van der Waals surface area contributed by atoms with Gasteiger partial charge in [-0.05, 0) is 11.8 Å². The molecular formula is C13H20N2O2. The summed E-state index contributed by atoms with van der Waals surface area (Å²) in [6.07, 6.45) is 1.37. The molecule has 1 amide bonds. The largest absolute Gasteiger partial charge is 0.447 e. The van der Waals surface area contributed by atoms with Crippen molar-refractivity contribution < 1.29 is 9.21 Å². The third-order valence-corrected chi connectivity index (χ3v) is 3.60. The minimum absolute atomic E-state index is 0.0126. The maximum Gasteiger partial charge on any atom is 0.276 e. The second-order valence-electron chi connectivity index (χ2n) is 5.38. The molecule has 2 atom stereocenters. The van der Waals surface area contributed by atoms with Gasteiger partial charge in [0.15, 0.2) is 12.1 Å². The number of rotatable bonds is 2. The molecule has 1 aromatic heterocycles. The summed E-state index contributed by atoms with van der Waals surface area (Å²) in [4.78, 5) is 18.3. The summed E-state index contributed by atoms with van der Waals surface area (Å²) in [6, 6.07) is 0. The molecule has 0 aliphatic carbocycles. The summed E-state index contributed by atoms with van der Waals surface area (Å²) in [5.74, 6) is 2.02. The molecule has 17 heavy (non-hydrogen) atoms. The number of aromatic nitrogens is 1. The highest BCUT2D eigenvalue weighted by molar-refractivity contribution is 5.93. The van der Waals surface area contributed by atoms with Crippen LogP contribution < -0.4 is 0 Å². The monoisotopic (exact) mass is 236 g/mol. The summed E-state index contributed by atoms with van der Waals surface area (Å²) in [7, 11) is 0. The topological polar surface area (TPSA) is 46.3 Å². The molecule has 0 saturated carbocycles. The molecule has 2 rings (SSSR count). The maximum absolute atomic E-state index is 12.3. The molecule has 4 nitrogen and oxygen atoms in total. The average molecular weight is 236 g/mol. The van der Waals surface area contributed by atoms with E-state index in [1.807, 2.05) is 18.7 Å². The van der Waals surface area contributed by atoms with Crippen LogP contribution >= 0.6 is 0 Å². The lowest BCUT2D eigenvalue weighted by molar-refractivity contribution is 0.0777. The van der Waals surface area contributed by atoms with E-state index in [-0.39, 0.29) is 11.8 Å². The van der Waals surface area contributed by atoms with Crippen LogP contribution in [0, 0.1) is 11.8 Å². The number of hydrogen-bond donors (Lipinski definition) is 0. The van der Waals surface area contributed by atoms with Gasteiger partial charge in [-0.3, -0.25) is 4.79 Å². The van der Waals surface area contributed by atoms with Gasteiger partial charge in [0.05, 0.1) is 0 Å². The molecule has 0 aromatic carbocycles. The van der Waals surface area contributed by atoms with Crippen molar-refractivity contribution >= 4 is 5.91 Å². The van der Waals surface area contributed by atoms with Gasteiger partial charge in [0.1, 0.15) is 5.76 Å². The fraction of sp³-hybridized carbons (Fsp3) is 0.692. The van der Waals surface area contributed by atoms with Gasteiger partial charge in [0.2, 0.25) is 0 Å². The fourth-order valence-corrected chi connectivity index (χ4v) is 2.27. The van der Waals surface area contributed by atoms with Gasteiger partial charge in [-0.1, -0.05) is 27.7 Å². The number of nitrogens with zero attached hydrogens (tertiary/aromatic N) is 2. The first-order valence-corrected chi connectivity index (χ1v) is 6.23. The van der Waals surface area contributed by atoms with Crippen LogP contribution in [0.3, 0.4) is 0 Å². The zero-order valence-electron chi connectivity index (χ0n) is 10.9. The van der Waals surface area contributed by atoms with Crippen molar-refractivity contribution in [2.75, 3.05) is 13.1 Å². The van der Waals surface area contributed by atoms with Crippen molar-refractivity contribution in [2.24, 2.45) is 11.8 Å². The molecular weight excluding hydrogens is 216 g/mol. The zero-order chi connectivity index (χ0) is 12.6. The van der Waals surface area contributed by atoms with Crippen molar-refractivity contribution in [1.29, 1.82) is 0 Å². The molecule has 0 N–H and O–H groups in total. The van der Waals surface area contributed by atoms with Crippen LogP contribution in [0.5, 0.6) is 0 Å². The van der Waals surface area contributed by atoms with Crippen molar-refractivity contribution in [3.63, 3.8) is 0 Å². The minimum Gasteiger partial charge on any atom is -0.447 e. The summed E-state index contributed by atoms with van der Waals surface area (Å²) in [5, 5.41) is 0. The standard InChI is InChI=1S/C13H20N2O2/c1-8(2)12-11(14-7-17-12)13(16)15-5-9(3)10(4)6-15/h7-10H,5-6H2,1-4H3/t9-,10-/m1/s1. The highest BCUT2D eigenvalue weighted by atomic mass is 16.3. The van der Waals surface area contributed by atoms with Gasteiger partial charge in [-0.25, -0.2) is 4.98 Å². The molecule has 4 heteroatoms. The lowest BCUT2D eigenvalue weighted by Gasteiger charge is -2.15. The van der Waals surface area contributed by atoms with Crippen LogP contribution in [0.1, 0.15) is 49.9 Å². The van der Waals surface area contributed by atoms with E-state index in [1.165, 1.54) is 6.39 Å². The maximum atomic E-state index is 12.3. The Morgan fingerprint density at radius 3 is 2.53 bits per heavy atom. The Bertz CT molecular complexity index is 401. The molecule has 0 spiro atoms. The van der Waals surface area contributed by atoms with E-state index in [1.54, 1.807) is 0 Å². The van der Waals surface area contributed by atoms with E-state index in [9.17, 15) is 4.79 Å². The van der Waals surface area contributed by atoms with E-state index in [0.717, 1.165) is 13.1 Å².